The molecule has 0 amide bonds. The first kappa shape index (κ1) is 11.8. The second-order valence-electron chi connectivity index (χ2n) is 4.22. The first-order chi connectivity index (χ1) is 8.08. The van der Waals surface area contributed by atoms with Gasteiger partial charge in [-0.3, -0.25) is 0 Å². The Morgan fingerprint density at radius 3 is 2.71 bits per heavy atom. The number of carbonyl (C=O) groups excluding carboxylic acids is 1. The number of nitrogens with two attached hydrogens (primary N) is 1. The van der Waals surface area contributed by atoms with Gasteiger partial charge in [0.1, 0.15) is 11.6 Å². The molecule has 0 heterocycles. The van der Waals surface area contributed by atoms with E-state index < -0.39 is 23.2 Å². The van der Waals surface area contributed by atoms with Gasteiger partial charge in [-0.2, -0.15) is 0 Å². The number of rotatable bonds is 4. The summed E-state index contributed by atoms with van der Waals surface area (Å²) in [6.45, 7) is 0.245. The van der Waals surface area contributed by atoms with Crippen molar-refractivity contribution in [2.24, 2.45) is 5.92 Å². The number of halogens is 2. The van der Waals surface area contributed by atoms with Gasteiger partial charge in [0.2, 0.25) is 0 Å². The van der Waals surface area contributed by atoms with Crippen LogP contribution in [0.2, 0.25) is 0 Å². The minimum Gasteiger partial charge on any atom is -0.462 e. The third-order valence-corrected chi connectivity index (χ3v) is 2.76. The van der Waals surface area contributed by atoms with E-state index in [1.54, 1.807) is 0 Å². The van der Waals surface area contributed by atoms with Gasteiger partial charge in [0, 0.05) is 6.07 Å². The number of carbonyl (C=O) groups is 1. The summed E-state index contributed by atoms with van der Waals surface area (Å²) in [7, 11) is 0. The van der Waals surface area contributed by atoms with E-state index in [0.29, 0.717) is 5.92 Å². The van der Waals surface area contributed by atoms with Gasteiger partial charge in [0.15, 0.2) is 0 Å². The summed E-state index contributed by atoms with van der Waals surface area (Å²) in [4.78, 5) is 11.5. The Balaban J connectivity index is 1.99. The summed E-state index contributed by atoms with van der Waals surface area (Å²) in [5.41, 5.74) is 4.44. The number of ether oxygens (including phenoxy) is 1. The molecule has 5 heteroatoms. The van der Waals surface area contributed by atoms with Crippen molar-refractivity contribution in [3.8, 4) is 0 Å². The zero-order valence-corrected chi connectivity index (χ0v) is 9.21. The van der Waals surface area contributed by atoms with Gasteiger partial charge in [-0.05, 0) is 18.4 Å². The fourth-order valence-corrected chi connectivity index (χ4v) is 1.52. The molecule has 0 spiro atoms. The van der Waals surface area contributed by atoms with E-state index in [1.165, 1.54) is 0 Å². The fraction of sp³-hybridized carbons (Fsp3) is 0.417. The van der Waals surface area contributed by atoms with Crippen LogP contribution >= 0.6 is 0 Å². The predicted octanol–water partition coefficient (Wildman–Crippen LogP) is 2.50. The molecule has 17 heavy (non-hydrogen) atoms. The SMILES string of the molecule is Nc1cc(F)c(C(=O)OCCC2CC2)cc1F. The Morgan fingerprint density at radius 1 is 1.35 bits per heavy atom. The van der Waals surface area contributed by atoms with Crippen LogP contribution in [0.4, 0.5) is 14.5 Å². The molecule has 1 fully saturated rings. The third kappa shape index (κ3) is 2.93. The summed E-state index contributed by atoms with van der Waals surface area (Å²) in [6, 6.07) is 1.55. The highest BCUT2D eigenvalue weighted by molar-refractivity contribution is 5.90. The first-order valence-corrected chi connectivity index (χ1v) is 5.49. The molecule has 1 saturated carbocycles. The first-order valence-electron chi connectivity index (χ1n) is 5.49. The van der Waals surface area contributed by atoms with Gasteiger partial charge in [-0.1, -0.05) is 12.8 Å². The highest BCUT2D eigenvalue weighted by atomic mass is 19.1. The summed E-state index contributed by atoms with van der Waals surface area (Å²) in [6.07, 6.45) is 3.09. The molecule has 92 valence electrons. The van der Waals surface area contributed by atoms with Gasteiger partial charge < -0.3 is 10.5 Å². The number of esters is 1. The van der Waals surface area contributed by atoms with Gasteiger partial charge >= 0.3 is 5.97 Å². The number of anilines is 1. The van der Waals surface area contributed by atoms with Gasteiger partial charge in [0.05, 0.1) is 17.9 Å². The summed E-state index contributed by atoms with van der Waals surface area (Å²) >= 11 is 0. The van der Waals surface area contributed by atoms with Crippen molar-refractivity contribution in [2.45, 2.75) is 19.3 Å². The lowest BCUT2D eigenvalue weighted by molar-refractivity contribution is 0.0489. The topological polar surface area (TPSA) is 52.3 Å². The quantitative estimate of drug-likeness (QED) is 0.651. The van der Waals surface area contributed by atoms with E-state index in [-0.39, 0.29) is 12.3 Å². The minimum absolute atomic E-state index is 0.245. The van der Waals surface area contributed by atoms with Gasteiger partial charge in [-0.25, -0.2) is 13.6 Å². The maximum absolute atomic E-state index is 13.3. The van der Waals surface area contributed by atoms with E-state index in [4.69, 9.17) is 10.5 Å². The van der Waals surface area contributed by atoms with Crippen molar-refractivity contribution in [3.63, 3.8) is 0 Å². The molecule has 2 N–H and O–H groups in total. The van der Waals surface area contributed by atoms with Gasteiger partial charge in [0.25, 0.3) is 0 Å². The van der Waals surface area contributed by atoms with Crippen LogP contribution in [0.1, 0.15) is 29.6 Å². The molecule has 1 aromatic rings. The molecule has 2 rings (SSSR count). The smallest absolute Gasteiger partial charge is 0.341 e. The van der Waals surface area contributed by atoms with Crippen molar-refractivity contribution in [1.82, 2.24) is 0 Å². The van der Waals surface area contributed by atoms with Gasteiger partial charge in [-0.15, -0.1) is 0 Å². The van der Waals surface area contributed by atoms with Crippen LogP contribution in [-0.2, 0) is 4.74 Å². The average molecular weight is 241 g/mol. The second-order valence-corrected chi connectivity index (χ2v) is 4.22. The number of hydrogen-bond acceptors (Lipinski definition) is 3. The van der Waals surface area contributed by atoms with Crippen LogP contribution in [0.3, 0.4) is 0 Å². The lowest BCUT2D eigenvalue weighted by Crippen LogP contribution is -2.10. The lowest BCUT2D eigenvalue weighted by Gasteiger charge is -2.06. The molecule has 0 aliphatic heterocycles. The molecule has 0 radical (unpaired) electrons. The van der Waals surface area contributed by atoms with E-state index in [0.717, 1.165) is 31.4 Å². The zero-order chi connectivity index (χ0) is 12.4. The number of benzene rings is 1. The van der Waals surface area contributed by atoms with Crippen molar-refractivity contribution in [2.75, 3.05) is 12.3 Å². The monoisotopic (exact) mass is 241 g/mol. The van der Waals surface area contributed by atoms with Crippen molar-refractivity contribution in [3.05, 3.63) is 29.3 Å². The molecular weight excluding hydrogens is 228 g/mol. The third-order valence-electron chi connectivity index (χ3n) is 2.76. The van der Waals surface area contributed by atoms with Crippen LogP contribution in [-0.4, -0.2) is 12.6 Å². The standard InChI is InChI=1S/C12H13F2NO2/c13-9-6-11(15)10(14)5-8(9)12(16)17-4-3-7-1-2-7/h5-7H,1-4,15H2. The van der Waals surface area contributed by atoms with E-state index in [9.17, 15) is 13.6 Å². The Hall–Kier alpha value is -1.65. The van der Waals surface area contributed by atoms with Crippen LogP contribution in [0, 0.1) is 17.6 Å². The molecular formula is C12H13F2NO2. The summed E-state index contributed by atoms with van der Waals surface area (Å²) < 4.78 is 31.3. The van der Waals surface area contributed by atoms with Crippen molar-refractivity contribution < 1.29 is 18.3 Å². The Kier molecular flexibility index (Phi) is 3.26. The Labute approximate surface area is 97.6 Å². The van der Waals surface area contributed by atoms with E-state index in [1.807, 2.05) is 0 Å². The molecule has 0 bridgehead atoms. The maximum Gasteiger partial charge on any atom is 0.341 e. The zero-order valence-electron chi connectivity index (χ0n) is 9.21. The number of nitrogen functional groups attached to an aromatic ring is 1. The predicted molar refractivity (Wildman–Crippen MR) is 58.4 cm³/mol. The second kappa shape index (κ2) is 4.69. The molecule has 1 aliphatic rings. The molecule has 0 unspecified atom stereocenters. The Bertz CT molecular complexity index is 444. The van der Waals surface area contributed by atoms with Crippen LogP contribution in [0.25, 0.3) is 0 Å². The molecule has 1 aromatic carbocycles. The average Bonchev–Trinajstić information content (AvgIpc) is 3.07. The highest BCUT2D eigenvalue weighted by Crippen LogP contribution is 2.32. The van der Waals surface area contributed by atoms with Crippen molar-refractivity contribution >= 4 is 11.7 Å². The summed E-state index contributed by atoms with van der Waals surface area (Å²) in [5, 5.41) is 0. The molecule has 1 aliphatic carbocycles. The summed E-state index contributed by atoms with van der Waals surface area (Å²) in [5.74, 6) is -1.90. The van der Waals surface area contributed by atoms with Crippen LogP contribution < -0.4 is 5.73 Å². The largest absolute Gasteiger partial charge is 0.462 e. The normalized spacial score (nSPS) is 14.7. The van der Waals surface area contributed by atoms with Crippen LogP contribution in [0.15, 0.2) is 12.1 Å². The molecule has 0 saturated heterocycles. The molecule has 0 aromatic heterocycles. The highest BCUT2D eigenvalue weighted by Gasteiger charge is 2.22. The van der Waals surface area contributed by atoms with Crippen LogP contribution in [0.5, 0.6) is 0 Å². The fourth-order valence-electron chi connectivity index (χ4n) is 1.52. The molecule has 0 atom stereocenters. The van der Waals surface area contributed by atoms with E-state index >= 15 is 0 Å². The maximum atomic E-state index is 13.3. The minimum atomic E-state index is -0.861. The Morgan fingerprint density at radius 2 is 2.06 bits per heavy atom. The lowest BCUT2D eigenvalue weighted by atomic mass is 10.2. The number of hydrogen-bond donors (Lipinski definition) is 1. The van der Waals surface area contributed by atoms with E-state index in [2.05, 4.69) is 0 Å². The molecule has 3 nitrogen and oxygen atoms in total. The van der Waals surface area contributed by atoms with Crippen molar-refractivity contribution in [1.29, 1.82) is 0 Å².